The van der Waals surface area contributed by atoms with Crippen LogP contribution in [0.1, 0.15) is 5.56 Å². The molecule has 0 radical (unpaired) electrons. The standard InChI is InChI=1S/C22H24N4O2/c1-28-22-5-3-2-4-20(22)26-12-10-25(11-13-26)16-18-14-17(6-7-21(18)27)19-15-23-8-9-24-19/h2-9,14-15,27H,10-13,16H2,1H3. The Morgan fingerprint density at radius 3 is 2.61 bits per heavy atom. The van der Waals surface area contributed by atoms with Gasteiger partial charge < -0.3 is 14.7 Å². The molecule has 1 aliphatic rings. The van der Waals surface area contributed by atoms with Gasteiger partial charge in [-0.25, -0.2) is 0 Å². The number of nitrogens with zero attached hydrogens (tertiary/aromatic N) is 4. The molecule has 3 aromatic rings. The molecular formula is C22H24N4O2. The molecule has 1 aromatic heterocycles. The zero-order chi connectivity index (χ0) is 19.3. The van der Waals surface area contributed by atoms with Gasteiger partial charge in [-0.05, 0) is 30.3 Å². The maximum Gasteiger partial charge on any atom is 0.142 e. The first-order chi connectivity index (χ1) is 13.7. The zero-order valence-corrected chi connectivity index (χ0v) is 16.0. The van der Waals surface area contributed by atoms with Crippen LogP contribution in [0.3, 0.4) is 0 Å². The van der Waals surface area contributed by atoms with Crippen molar-refractivity contribution in [2.75, 3.05) is 38.2 Å². The highest BCUT2D eigenvalue weighted by Crippen LogP contribution is 2.29. The van der Waals surface area contributed by atoms with Crippen LogP contribution in [0, 0.1) is 0 Å². The molecule has 6 heteroatoms. The molecule has 1 saturated heterocycles. The zero-order valence-electron chi connectivity index (χ0n) is 16.0. The predicted molar refractivity (Wildman–Crippen MR) is 110 cm³/mol. The molecule has 2 aromatic carbocycles. The van der Waals surface area contributed by atoms with E-state index in [2.05, 4.69) is 25.8 Å². The maximum atomic E-state index is 10.3. The largest absolute Gasteiger partial charge is 0.508 e. The first-order valence-electron chi connectivity index (χ1n) is 9.43. The number of hydrogen-bond donors (Lipinski definition) is 1. The second kappa shape index (κ2) is 8.27. The van der Waals surface area contributed by atoms with Crippen molar-refractivity contribution in [1.82, 2.24) is 14.9 Å². The Hall–Kier alpha value is -3.12. The van der Waals surface area contributed by atoms with Gasteiger partial charge in [-0.15, -0.1) is 0 Å². The summed E-state index contributed by atoms with van der Waals surface area (Å²) in [5.41, 5.74) is 3.82. The van der Waals surface area contributed by atoms with Gasteiger partial charge in [-0.2, -0.15) is 0 Å². The van der Waals surface area contributed by atoms with E-state index in [9.17, 15) is 5.11 Å². The maximum absolute atomic E-state index is 10.3. The van der Waals surface area contributed by atoms with E-state index in [0.29, 0.717) is 12.3 Å². The Balaban J connectivity index is 1.44. The first kappa shape index (κ1) is 18.3. The van der Waals surface area contributed by atoms with Crippen LogP contribution in [0.15, 0.2) is 61.1 Å². The van der Waals surface area contributed by atoms with Gasteiger partial charge in [0.05, 0.1) is 24.7 Å². The Kier molecular flexibility index (Phi) is 5.39. The van der Waals surface area contributed by atoms with Crippen molar-refractivity contribution < 1.29 is 9.84 Å². The molecule has 0 unspecified atom stereocenters. The number of benzene rings is 2. The van der Waals surface area contributed by atoms with E-state index in [-0.39, 0.29) is 0 Å². The second-order valence-corrected chi connectivity index (χ2v) is 6.87. The number of ether oxygens (including phenoxy) is 1. The number of piperazine rings is 1. The Morgan fingerprint density at radius 1 is 1.04 bits per heavy atom. The van der Waals surface area contributed by atoms with E-state index >= 15 is 0 Å². The van der Waals surface area contributed by atoms with Crippen LogP contribution in [0.4, 0.5) is 5.69 Å². The van der Waals surface area contributed by atoms with Crippen molar-refractivity contribution in [1.29, 1.82) is 0 Å². The number of phenolic OH excluding ortho intramolecular Hbond substituents is 1. The van der Waals surface area contributed by atoms with Gasteiger partial charge in [0.15, 0.2) is 0 Å². The molecule has 0 spiro atoms. The molecule has 2 heterocycles. The molecule has 1 aliphatic heterocycles. The summed E-state index contributed by atoms with van der Waals surface area (Å²) in [6.45, 7) is 4.40. The lowest BCUT2D eigenvalue weighted by molar-refractivity contribution is 0.246. The summed E-state index contributed by atoms with van der Waals surface area (Å²) in [6.07, 6.45) is 5.08. The fraction of sp³-hybridized carbons (Fsp3) is 0.273. The van der Waals surface area contributed by atoms with E-state index in [1.165, 1.54) is 0 Å². The highest BCUT2D eigenvalue weighted by Gasteiger charge is 2.20. The number of hydrogen-bond acceptors (Lipinski definition) is 6. The molecule has 28 heavy (non-hydrogen) atoms. The normalized spacial score (nSPS) is 14.8. The minimum Gasteiger partial charge on any atom is -0.508 e. The van der Waals surface area contributed by atoms with Crippen LogP contribution < -0.4 is 9.64 Å². The molecule has 6 nitrogen and oxygen atoms in total. The predicted octanol–water partition coefficient (Wildman–Crippen LogP) is 3.18. The number of aromatic nitrogens is 2. The molecule has 4 rings (SSSR count). The second-order valence-electron chi connectivity index (χ2n) is 6.87. The lowest BCUT2D eigenvalue weighted by Gasteiger charge is -2.36. The van der Waals surface area contributed by atoms with Gasteiger partial charge in [0.1, 0.15) is 11.5 Å². The highest BCUT2D eigenvalue weighted by atomic mass is 16.5. The van der Waals surface area contributed by atoms with Crippen LogP contribution in [-0.2, 0) is 6.54 Å². The fourth-order valence-corrected chi connectivity index (χ4v) is 3.60. The van der Waals surface area contributed by atoms with Crippen LogP contribution in [0.2, 0.25) is 0 Å². The minimum atomic E-state index is 0.319. The van der Waals surface area contributed by atoms with E-state index in [1.54, 1.807) is 31.8 Å². The quantitative estimate of drug-likeness (QED) is 0.738. The SMILES string of the molecule is COc1ccccc1N1CCN(Cc2cc(-c3cnccn3)ccc2O)CC1. The van der Waals surface area contributed by atoms with E-state index in [0.717, 1.165) is 54.4 Å². The average molecular weight is 376 g/mol. The van der Waals surface area contributed by atoms with Crippen LogP contribution in [0.25, 0.3) is 11.3 Å². The molecule has 0 amide bonds. The Morgan fingerprint density at radius 2 is 1.86 bits per heavy atom. The van der Waals surface area contributed by atoms with Gasteiger partial charge in [0, 0.05) is 56.2 Å². The number of rotatable bonds is 5. The average Bonchev–Trinajstić information content (AvgIpc) is 2.76. The number of anilines is 1. The first-order valence-corrected chi connectivity index (χ1v) is 9.43. The molecule has 0 saturated carbocycles. The molecule has 1 N–H and O–H groups in total. The number of methoxy groups -OCH3 is 1. The van der Waals surface area contributed by atoms with Crippen LogP contribution in [-0.4, -0.2) is 53.3 Å². The van der Waals surface area contributed by atoms with Gasteiger partial charge >= 0.3 is 0 Å². The van der Waals surface area contributed by atoms with Crippen molar-refractivity contribution >= 4 is 5.69 Å². The van der Waals surface area contributed by atoms with Gasteiger partial charge in [0.25, 0.3) is 0 Å². The van der Waals surface area contributed by atoms with Crippen molar-refractivity contribution in [3.8, 4) is 22.8 Å². The van der Waals surface area contributed by atoms with Crippen molar-refractivity contribution in [2.24, 2.45) is 0 Å². The third kappa shape index (κ3) is 3.92. The monoisotopic (exact) mass is 376 g/mol. The minimum absolute atomic E-state index is 0.319. The molecule has 0 bridgehead atoms. The van der Waals surface area contributed by atoms with Crippen molar-refractivity contribution in [3.63, 3.8) is 0 Å². The van der Waals surface area contributed by atoms with Crippen LogP contribution in [0.5, 0.6) is 11.5 Å². The molecule has 144 valence electrons. The summed E-state index contributed by atoms with van der Waals surface area (Å²) in [6, 6.07) is 13.8. The summed E-state index contributed by atoms with van der Waals surface area (Å²) in [5.74, 6) is 1.23. The van der Waals surface area contributed by atoms with E-state index in [4.69, 9.17) is 4.74 Å². The van der Waals surface area contributed by atoms with E-state index < -0.39 is 0 Å². The number of aromatic hydroxyl groups is 1. The Bertz CT molecular complexity index is 925. The van der Waals surface area contributed by atoms with E-state index in [1.807, 2.05) is 30.3 Å². The lowest BCUT2D eigenvalue weighted by Crippen LogP contribution is -2.46. The van der Waals surface area contributed by atoms with Crippen molar-refractivity contribution in [3.05, 3.63) is 66.6 Å². The molecule has 0 atom stereocenters. The summed E-state index contributed by atoms with van der Waals surface area (Å²) in [7, 11) is 1.71. The van der Waals surface area contributed by atoms with Gasteiger partial charge in [-0.3, -0.25) is 14.9 Å². The Labute approximate surface area is 165 Å². The lowest BCUT2D eigenvalue weighted by atomic mass is 10.1. The number of para-hydroxylation sites is 2. The highest BCUT2D eigenvalue weighted by molar-refractivity contribution is 5.61. The summed E-state index contributed by atoms with van der Waals surface area (Å²) in [4.78, 5) is 13.2. The van der Waals surface area contributed by atoms with Crippen molar-refractivity contribution in [2.45, 2.75) is 6.54 Å². The molecule has 0 aliphatic carbocycles. The third-order valence-corrected chi connectivity index (χ3v) is 5.13. The van der Waals surface area contributed by atoms with Gasteiger partial charge in [0.2, 0.25) is 0 Å². The smallest absolute Gasteiger partial charge is 0.142 e. The number of phenols is 1. The third-order valence-electron chi connectivity index (χ3n) is 5.13. The molecular weight excluding hydrogens is 352 g/mol. The fourth-order valence-electron chi connectivity index (χ4n) is 3.60. The summed E-state index contributed by atoms with van der Waals surface area (Å²) >= 11 is 0. The molecule has 1 fully saturated rings. The summed E-state index contributed by atoms with van der Waals surface area (Å²) in [5, 5.41) is 10.3. The van der Waals surface area contributed by atoms with Gasteiger partial charge in [-0.1, -0.05) is 12.1 Å². The van der Waals surface area contributed by atoms with Crippen LogP contribution >= 0.6 is 0 Å². The topological polar surface area (TPSA) is 61.7 Å². The summed E-state index contributed by atoms with van der Waals surface area (Å²) < 4.78 is 5.49.